The zero-order valence-corrected chi connectivity index (χ0v) is 16.9. The van der Waals surface area contributed by atoms with Gasteiger partial charge in [-0.3, -0.25) is 4.79 Å². The molecule has 0 saturated carbocycles. The largest absolute Gasteiger partial charge is 0.479 e. The molecule has 1 aliphatic rings. The van der Waals surface area contributed by atoms with Gasteiger partial charge in [0, 0.05) is 23.1 Å². The molecule has 144 valence electrons. The molecule has 0 spiro atoms. The normalized spacial score (nSPS) is 15.3. The van der Waals surface area contributed by atoms with Gasteiger partial charge in [-0.25, -0.2) is 0 Å². The van der Waals surface area contributed by atoms with Gasteiger partial charge in [-0.1, -0.05) is 34.8 Å². The van der Waals surface area contributed by atoms with Crippen LogP contribution >= 0.6 is 34.8 Å². The standard InChI is InChI=1S/C19H19Cl3N2O3/c1-12(27-18-5-3-13(20)10-15(18)22)19(25)23-16-11-14(21)2-4-17(16)24-6-8-26-9-7-24/h2-5,10-12H,6-9H2,1H3,(H,23,25)/t12-/m1/s1. The molecule has 0 radical (unpaired) electrons. The highest BCUT2D eigenvalue weighted by molar-refractivity contribution is 6.35. The lowest BCUT2D eigenvalue weighted by atomic mass is 10.2. The van der Waals surface area contributed by atoms with Crippen LogP contribution in [0.4, 0.5) is 11.4 Å². The van der Waals surface area contributed by atoms with Gasteiger partial charge in [0.1, 0.15) is 5.75 Å². The Morgan fingerprint density at radius 3 is 2.48 bits per heavy atom. The monoisotopic (exact) mass is 428 g/mol. The van der Waals surface area contributed by atoms with E-state index in [1.807, 2.05) is 6.07 Å². The summed E-state index contributed by atoms with van der Waals surface area (Å²) in [4.78, 5) is 14.8. The second-order valence-corrected chi connectivity index (χ2v) is 7.37. The third-order valence-electron chi connectivity index (χ3n) is 4.14. The number of carbonyl (C=O) groups is 1. The molecule has 0 unspecified atom stereocenters. The van der Waals surface area contributed by atoms with E-state index in [-0.39, 0.29) is 5.91 Å². The molecular formula is C19H19Cl3N2O3. The molecule has 1 aliphatic heterocycles. The number of carbonyl (C=O) groups excluding carboxylic acids is 1. The molecule has 3 rings (SSSR count). The van der Waals surface area contributed by atoms with Gasteiger partial charge in [0.25, 0.3) is 5.91 Å². The van der Waals surface area contributed by atoms with Crippen molar-refractivity contribution in [1.29, 1.82) is 0 Å². The topological polar surface area (TPSA) is 50.8 Å². The third kappa shape index (κ3) is 5.20. The van der Waals surface area contributed by atoms with Gasteiger partial charge < -0.3 is 19.7 Å². The zero-order valence-electron chi connectivity index (χ0n) is 14.7. The Morgan fingerprint density at radius 2 is 1.78 bits per heavy atom. The van der Waals surface area contributed by atoms with Crippen LogP contribution < -0.4 is 15.0 Å². The molecule has 1 fully saturated rings. The van der Waals surface area contributed by atoms with Crippen molar-refractivity contribution < 1.29 is 14.3 Å². The van der Waals surface area contributed by atoms with Gasteiger partial charge >= 0.3 is 0 Å². The van der Waals surface area contributed by atoms with E-state index in [1.165, 1.54) is 0 Å². The van der Waals surface area contributed by atoms with Gasteiger partial charge in [-0.05, 0) is 43.3 Å². The number of nitrogens with one attached hydrogen (secondary N) is 1. The average molecular weight is 430 g/mol. The Balaban J connectivity index is 1.73. The highest BCUT2D eigenvalue weighted by Gasteiger charge is 2.20. The number of amides is 1. The molecule has 8 heteroatoms. The Bertz CT molecular complexity index is 826. The maximum absolute atomic E-state index is 12.6. The van der Waals surface area contributed by atoms with Crippen LogP contribution in [0.5, 0.6) is 5.75 Å². The number of hydrogen-bond acceptors (Lipinski definition) is 4. The van der Waals surface area contributed by atoms with Crippen molar-refractivity contribution >= 4 is 52.1 Å². The lowest BCUT2D eigenvalue weighted by Crippen LogP contribution is -2.37. The summed E-state index contributed by atoms with van der Waals surface area (Å²) in [5, 5.41) is 4.28. The van der Waals surface area contributed by atoms with Gasteiger partial charge in [-0.15, -0.1) is 0 Å². The molecule has 1 atom stereocenters. The lowest BCUT2D eigenvalue weighted by molar-refractivity contribution is -0.122. The third-order valence-corrected chi connectivity index (χ3v) is 4.90. The highest BCUT2D eigenvalue weighted by atomic mass is 35.5. The van der Waals surface area contributed by atoms with E-state index in [9.17, 15) is 4.79 Å². The van der Waals surface area contributed by atoms with Crippen LogP contribution in [0.25, 0.3) is 0 Å². The molecule has 2 aromatic rings. The molecule has 0 bridgehead atoms. The van der Waals surface area contributed by atoms with Crippen molar-refractivity contribution in [1.82, 2.24) is 0 Å². The van der Waals surface area contributed by atoms with E-state index in [1.54, 1.807) is 37.3 Å². The molecule has 1 N–H and O–H groups in total. The molecule has 1 heterocycles. The number of anilines is 2. The summed E-state index contributed by atoms with van der Waals surface area (Å²) >= 11 is 18.1. The molecule has 0 aromatic heterocycles. The first-order valence-electron chi connectivity index (χ1n) is 8.49. The number of rotatable bonds is 5. The first-order valence-corrected chi connectivity index (χ1v) is 9.62. The first kappa shape index (κ1) is 20.1. The Labute approximate surface area is 173 Å². The number of benzene rings is 2. The van der Waals surface area contributed by atoms with Crippen molar-refractivity contribution in [2.45, 2.75) is 13.0 Å². The Morgan fingerprint density at radius 1 is 1.11 bits per heavy atom. The maximum atomic E-state index is 12.6. The van der Waals surface area contributed by atoms with E-state index in [0.29, 0.717) is 39.7 Å². The fraction of sp³-hybridized carbons (Fsp3) is 0.316. The first-order chi connectivity index (χ1) is 12.9. The zero-order chi connectivity index (χ0) is 19.4. The SMILES string of the molecule is C[C@@H](Oc1ccc(Cl)cc1Cl)C(=O)Nc1cc(Cl)ccc1N1CCOCC1. The van der Waals surface area contributed by atoms with Crippen molar-refractivity contribution in [3.05, 3.63) is 51.5 Å². The molecule has 27 heavy (non-hydrogen) atoms. The van der Waals surface area contributed by atoms with Crippen LogP contribution in [0, 0.1) is 0 Å². The predicted octanol–water partition coefficient (Wildman–Crippen LogP) is 4.89. The summed E-state index contributed by atoms with van der Waals surface area (Å²) in [6.45, 7) is 4.43. The van der Waals surface area contributed by atoms with Crippen LogP contribution in [-0.4, -0.2) is 38.3 Å². The van der Waals surface area contributed by atoms with Gasteiger partial charge in [0.15, 0.2) is 6.10 Å². The molecule has 1 amide bonds. The smallest absolute Gasteiger partial charge is 0.265 e. The van der Waals surface area contributed by atoms with E-state index >= 15 is 0 Å². The molecule has 2 aromatic carbocycles. The summed E-state index contributed by atoms with van der Waals surface area (Å²) in [5.74, 6) is 0.0843. The number of hydrogen-bond donors (Lipinski definition) is 1. The van der Waals surface area contributed by atoms with Crippen LogP contribution in [0.2, 0.25) is 15.1 Å². The fourth-order valence-electron chi connectivity index (χ4n) is 2.74. The predicted molar refractivity (Wildman–Crippen MR) is 110 cm³/mol. The number of halogens is 3. The van der Waals surface area contributed by atoms with Crippen LogP contribution in [0.3, 0.4) is 0 Å². The second kappa shape index (κ2) is 9.02. The average Bonchev–Trinajstić information content (AvgIpc) is 2.65. The van der Waals surface area contributed by atoms with E-state index in [2.05, 4.69) is 10.2 Å². The quantitative estimate of drug-likeness (QED) is 0.735. The van der Waals surface area contributed by atoms with Crippen molar-refractivity contribution in [3.8, 4) is 5.75 Å². The van der Waals surface area contributed by atoms with E-state index < -0.39 is 6.10 Å². The second-order valence-electron chi connectivity index (χ2n) is 6.08. The number of ether oxygens (including phenoxy) is 2. The summed E-state index contributed by atoms with van der Waals surface area (Å²) in [6, 6.07) is 10.3. The fourth-order valence-corrected chi connectivity index (χ4v) is 3.36. The van der Waals surface area contributed by atoms with Gasteiger partial charge in [-0.2, -0.15) is 0 Å². The molecule has 1 saturated heterocycles. The van der Waals surface area contributed by atoms with Crippen molar-refractivity contribution in [2.75, 3.05) is 36.5 Å². The van der Waals surface area contributed by atoms with Crippen LogP contribution in [0.15, 0.2) is 36.4 Å². The number of nitrogens with zero attached hydrogens (tertiary/aromatic N) is 1. The van der Waals surface area contributed by atoms with Gasteiger partial charge in [0.05, 0.1) is 29.6 Å². The highest BCUT2D eigenvalue weighted by Crippen LogP contribution is 2.31. The number of morpholine rings is 1. The van der Waals surface area contributed by atoms with Gasteiger partial charge in [0.2, 0.25) is 0 Å². The molecule has 0 aliphatic carbocycles. The minimum Gasteiger partial charge on any atom is -0.479 e. The maximum Gasteiger partial charge on any atom is 0.265 e. The minimum atomic E-state index is -0.764. The lowest BCUT2D eigenvalue weighted by Gasteiger charge is -2.30. The summed E-state index contributed by atoms with van der Waals surface area (Å²) in [5.41, 5.74) is 1.53. The van der Waals surface area contributed by atoms with E-state index in [4.69, 9.17) is 44.3 Å². The van der Waals surface area contributed by atoms with E-state index in [0.717, 1.165) is 18.8 Å². The van der Waals surface area contributed by atoms with Crippen LogP contribution in [-0.2, 0) is 9.53 Å². The minimum absolute atomic E-state index is 0.308. The Hall–Kier alpha value is -1.66. The Kier molecular flexibility index (Phi) is 6.71. The van der Waals surface area contributed by atoms with Crippen LogP contribution in [0.1, 0.15) is 6.92 Å². The molecule has 5 nitrogen and oxygen atoms in total. The summed E-state index contributed by atoms with van der Waals surface area (Å²) < 4.78 is 11.1. The van der Waals surface area contributed by atoms with Crippen molar-refractivity contribution in [2.24, 2.45) is 0 Å². The molecular weight excluding hydrogens is 411 g/mol. The summed E-state index contributed by atoms with van der Waals surface area (Å²) in [7, 11) is 0. The summed E-state index contributed by atoms with van der Waals surface area (Å²) in [6.07, 6.45) is -0.764. The van der Waals surface area contributed by atoms with Crippen molar-refractivity contribution in [3.63, 3.8) is 0 Å².